The van der Waals surface area contributed by atoms with Crippen LogP contribution in [0.25, 0.3) is 44.9 Å². The van der Waals surface area contributed by atoms with Crippen molar-refractivity contribution < 1.29 is 0 Å². The van der Waals surface area contributed by atoms with E-state index in [1.165, 1.54) is 0 Å². The monoisotopic (exact) mass is 521 g/mol. The molecule has 0 fully saturated rings. The van der Waals surface area contributed by atoms with E-state index in [9.17, 15) is 0 Å². The minimum Gasteiger partial charge on any atom is -0.357 e. The summed E-state index contributed by atoms with van der Waals surface area (Å²) in [5.41, 5.74) is 11.4. The van der Waals surface area contributed by atoms with Crippen LogP contribution in [0.2, 0.25) is 0 Å². The first-order valence-electron chi connectivity index (χ1n) is 12.9. The molecule has 0 saturated carbocycles. The molecule has 0 spiro atoms. The van der Waals surface area contributed by atoms with Crippen LogP contribution in [0.1, 0.15) is 22.5 Å². The predicted octanol–water partition coefficient (Wildman–Crippen LogP) is 7.42. The fraction of sp³-hybridized carbons (Fsp3) is 0.0303. The molecule has 0 amide bonds. The summed E-state index contributed by atoms with van der Waals surface area (Å²) < 4.78 is 0. The van der Waals surface area contributed by atoms with Crippen LogP contribution >= 0.6 is 0 Å². The van der Waals surface area contributed by atoms with Gasteiger partial charge in [0.1, 0.15) is 11.2 Å². The van der Waals surface area contributed by atoms with Gasteiger partial charge in [0.15, 0.2) is 0 Å². The fourth-order valence-electron chi connectivity index (χ4n) is 4.70. The van der Waals surface area contributed by atoms with Crippen molar-refractivity contribution in [3.63, 3.8) is 0 Å². The number of aryl methyl sites for hydroxylation is 1. The molecule has 40 heavy (non-hydrogen) atoms. The molecule has 5 aromatic heterocycles. The zero-order valence-electron chi connectivity index (χ0n) is 22.0. The molecule has 1 aromatic carbocycles. The van der Waals surface area contributed by atoms with Gasteiger partial charge in [0.05, 0.1) is 34.5 Å². The first-order chi connectivity index (χ1) is 19.6. The first-order valence-corrected chi connectivity index (χ1v) is 12.9. The van der Waals surface area contributed by atoms with Crippen LogP contribution in [0.4, 0.5) is 5.69 Å². The predicted molar refractivity (Wildman–Crippen MR) is 162 cm³/mol. The largest absolute Gasteiger partial charge is 0.357 e. The highest BCUT2D eigenvalue weighted by Gasteiger charge is 2.18. The van der Waals surface area contributed by atoms with E-state index < -0.39 is 0 Å². The summed E-state index contributed by atoms with van der Waals surface area (Å²) in [6, 6.07) is 23.9. The molecule has 0 bridgehead atoms. The van der Waals surface area contributed by atoms with Crippen LogP contribution in [-0.4, -0.2) is 30.1 Å². The number of hydrogen-bond donors (Lipinski definition) is 3. The highest BCUT2D eigenvalue weighted by Crippen LogP contribution is 2.33. The summed E-state index contributed by atoms with van der Waals surface area (Å²) in [5, 5.41) is 11.1. The molecule has 194 valence electrons. The second-order valence-electron chi connectivity index (χ2n) is 9.35. The Bertz CT molecular complexity index is 1860. The molecular weight excluding hydrogens is 494 g/mol. The van der Waals surface area contributed by atoms with Gasteiger partial charge in [-0.1, -0.05) is 61.7 Å². The maximum absolute atomic E-state index is 4.99. The molecule has 5 heterocycles. The van der Waals surface area contributed by atoms with E-state index in [-0.39, 0.29) is 0 Å². The molecule has 0 radical (unpaired) electrons. The lowest BCUT2D eigenvalue weighted by molar-refractivity contribution is 1.11. The van der Waals surface area contributed by atoms with Gasteiger partial charge in [0.2, 0.25) is 0 Å². The Morgan fingerprint density at radius 2 is 1.82 bits per heavy atom. The normalized spacial score (nSPS) is 11.5. The van der Waals surface area contributed by atoms with E-state index in [4.69, 9.17) is 4.98 Å². The number of benzene rings is 1. The average molecular weight is 522 g/mol. The third-order valence-electron chi connectivity index (χ3n) is 6.64. The van der Waals surface area contributed by atoms with E-state index in [0.717, 1.165) is 73.2 Å². The molecule has 7 nitrogen and oxygen atoms in total. The van der Waals surface area contributed by atoms with Crippen LogP contribution in [0, 0.1) is 6.92 Å². The van der Waals surface area contributed by atoms with E-state index in [2.05, 4.69) is 49.7 Å². The Morgan fingerprint density at radius 3 is 2.62 bits per heavy atom. The maximum atomic E-state index is 4.99. The molecule has 0 aliphatic heterocycles. The number of rotatable bonds is 8. The lowest BCUT2D eigenvalue weighted by Gasteiger charge is -2.10. The van der Waals surface area contributed by atoms with Crippen molar-refractivity contribution in [1.82, 2.24) is 30.1 Å². The van der Waals surface area contributed by atoms with E-state index in [1.807, 2.05) is 79.7 Å². The van der Waals surface area contributed by atoms with E-state index in [1.54, 1.807) is 24.7 Å². The van der Waals surface area contributed by atoms with Gasteiger partial charge in [-0.3, -0.25) is 15.1 Å². The zero-order valence-corrected chi connectivity index (χ0v) is 22.0. The molecule has 0 aliphatic carbocycles. The molecule has 0 aliphatic rings. The molecule has 0 saturated heterocycles. The molecule has 6 rings (SSSR count). The topological polar surface area (TPSA) is 95.2 Å². The van der Waals surface area contributed by atoms with Gasteiger partial charge in [0, 0.05) is 40.5 Å². The van der Waals surface area contributed by atoms with Crippen LogP contribution in [0.3, 0.4) is 0 Å². The first kappa shape index (κ1) is 24.8. The number of allylic oxidation sites excluding steroid dienone is 2. The Balaban J connectivity index is 1.34. The van der Waals surface area contributed by atoms with Gasteiger partial charge in [-0.05, 0) is 48.9 Å². The van der Waals surface area contributed by atoms with Gasteiger partial charge in [-0.2, -0.15) is 5.10 Å². The number of nitrogens with zero attached hydrogens (tertiary/aromatic N) is 4. The Kier molecular flexibility index (Phi) is 6.60. The van der Waals surface area contributed by atoms with Crippen molar-refractivity contribution in [2.24, 2.45) is 0 Å². The van der Waals surface area contributed by atoms with Crippen molar-refractivity contribution in [3.8, 4) is 22.6 Å². The number of fused-ring (bicyclic) bond motifs is 1. The summed E-state index contributed by atoms with van der Waals surface area (Å²) in [6.07, 6.45) is 9.12. The molecule has 3 N–H and O–H groups in total. The fourth-order valence-corrected chi connectivity index (χ4v) is 4.70. The average Bonchev–Trinajstić information content (AvgIpc) is 3.59. The number of nitrogens with one attached hydrogen (secondary N) is 3. The summed E-state index contributed by atoms with van der Waals surface area (Å²) in [6.45, 7) is 10.1. The van der Waals surface area contributed by atoms with Gasteiger partial charge < -0.3 is 10.3 Å². The van der Waals surface area contributed by atoms with Crippen LogP contribution < -0.4 is 5.32 Å². The lowest BCUT2D eigenvalue weighted by atomic mass is 10.0. The smallest absolute Gasteiger partial charge is 0.135 e. The van der Waals surface area contributed by atoms with Gasteiger partial charge in [-0.25, -0.2) is 4.98 Å². The number of hydrogen-bond acceptors (Lipinski definition) is 5. The molecule has 0 atom stereocenters. The number of pyridine rings is 3. The van der Waals surface area contributed by atoms with E-state index >= 15 is 0 Å². The maximum Gasteiger partial charge on any atom is 0.135 e. The van der Waals surface area contributed by atoms with Crippen molar-refractivity contribution in [3.05, 3.63) is 139 Å². The molecule has 7 heteroatoms. The number of anilines is 1. The summed E-state index contributed by atoms with van der Waals surface area (Å²) in [4.78, 5) is 17.5. The molecule has 6 aromatic rings. The summed E-state index contributed by atoms with van der Waals surface area (Å²) in [5.74, 6) is 0. The van der Waals surface area contributed by atoms with Crippen LogP contribution in [0.5, 0.6) is 0 Å². The molecule has 0 unspecified atom stereocenters. The lowest BCUT2D eigenvalue weighted by Crippen LogP contribution is -1.98. The van der Waals surface area contributed by atoms with Crippen molar-refractivity contribution in [1.29, 1.82) is 0 Å². The number of aromatic amines is 2. The van der Waals surface area contributed by atoms with Crippen molar-refractivity contribution in [2.75, 3.05) is 5.32 Å². The quantitative estimate of drug-likeness (QED) is 0.181. The SMILES string of the molecule is C=C/C=C(/c1ccccn1)c1cc(-c2n[nH]c3ccc(-c4cncc(NC(=C)c5ccccc5)c4)nc23)[nH]c1C. The van der Waals surface area contributed by atoms with Gasteiger partial charge in [0.25, 0.3) is 0 Å². The van der Waals surface area contributed by atoms with Crippen molar-refractivity contribution >= 4 is 28.0 Å². The number of H-pyrrole nitrogens is 2. The van der Waals surface area contributed by atoms with E-state index in [0.29, 0.717) is 0 Å². The minimum atomic E-state index is 0.741. The second-order valence-corrected chi connectivity index (χ2v) is 9.35. The second kappa shape index (κ2) is 10.7. The Labute approximate surface area is 232 Å². The number of aromatic nitrogens is 6. The molecular formula is C33H27N7. The minimum absolute atomic E-state index is 0.741. The van der Waals surface area contributed by atoms with Crippen molar-refractivity contribution in [2.45, 2.75) is 6.92 Å². The Hall–Kier alpha value is -5.56. The third kappa shape index (κ3) is 4.83. The van der Waals surface area contributed by atoms with Gasteiger partial charge in [-0.15, -0.1) is 0 Å². The van der Waals surface area contributed by atoms with Gasteiger partial charge >= 0.3 is 0 Å². The standard InChI is InChI=1S/C33H27N7/c1-4-10-26(29-13-8-9-16-35-29)27-18-31(37-22(27)3)33-32-30(39-40-33)15-14-28(38-32)24-17-25(20-34-19-24)36-21(2)23-11-6-5-7-12-23/h4-20,36-37H,1-2H2,3H3,(H,39,40)/b26-10+. The summed E-state index contributed by atoms with van der Waals surface area (Å²) >= 11 is 0. The highest BCUT2D eigenvalue weighted by atomic mass is 15.1. The Morgan fingerprint density at radius 1 is 0.975 bits per heavy atom. The van der Waals surface area contributed by atoms with Crippen LogP contribution in [-0.2, 0) is 0 Å². The van der Waals surface area contributed by atoms with Crippen LogP contribution in [0.15, 0.2) is 117 Å². The zero-order chi connectivity index (χ0) is 27.5. The highest BCUT2D eigenvalue weighted by molar-refractivity contribution is 5.92. The summed E-state index contributed by atoms with van der Waals surface area (Å²) in [7, 11) is 0. The third-order valence-corrected chi connectivity index (χ3v) is 6.64.